The standard InChI is InChI=1S/C11H21N5O2/c1-7(12)10-13-14-11(18-10)16-6-9(17)4-8(16)5-15(2)3/h7-9,17H,4-6,12H2,1-3H3. The van der Waals surface area contributed by atoms with Crippen molar-refractivity contribution in [2.24, 2.45) is 5.73 Å². The molecule has 0 aromatic carbocycles. The van der Waals surface area contributed by atoms with E-state index in [9.17, 15) is 5.11 Å². The lowest BCUT2D eigenvalue weighted by Gasteiger charge is -2.24. The number of nitrogens with two attached hydrogens (primary N) is 1. The monoisotopic (exact) mass is 255 g/mol. The van der Waals surface area contributed by atoms with Crippen LogP contribution in [0, 0.1) is 0 Å². The lowest BCUT2D eigenvalue weighted by molar-refractivity contribution is 0.191. The first-order valence-electron chi connectivity index (χ1n) is 6.15. The highest BCUT2D eigenvalue weighted by Gasteiger charge is 2.34. The lowest BCUT2D eigenvalue weighted by Crippen LogP contribution is -2.37. The van der Waals surface area contributed by atoms with Gasteiger partial charge in [-0.25, -0.2) is 0 Å². The summed E-state index contributed by atoms with van der Waals surface area (Å²) in [6.45, 7) is 3.17. The number of aromatic nitrogens is 2. The van der Waals surface area contributed by atoms with Gasteiger partial charge in [-0.1, -0.05) is 5.10 Å². The van der Waals surface area contributed by atoms with E-state index in [0.717, 1.165) is 6.54 Å². The van der Waals surface area contributed by atoms with E-state index in [1.54, 1.807) is 6.92 Å². The fraction of sp³-hybridized carbons (Fsp3) is 0.818. The van der Waals surface area contributed by atoms with E-state index in [1.165, 1.54) is 0 Å². The Hall–Kier alpha value is -1.18. The van der Waals surface area contributed by atoms with Gasteiger partial charge in [0, 0.05) is 19.1 Å². The summed E-state index contributed by atoms with van der Waals surface area (Å²) in [6.07, 6.45) is 0.370. The third-order valence-corrected chi connectivity index (χ3v) is 3.03. The smallest absolute Gasteiger partial charge is 0.318 e. The Kier molecular flexibility index (Phi) is 3.84. The average Bonchev–Trinajstić information content (AvgIpc) is 2.83. The second kappa shape index (κ2) is 5.21. The van der Waals surface area contributed by atoms with Crippen LogP contribution in [-0.4, -0.2) is 59.5 Å². The maximum atomic E-state index is 9.79. The van der Waals surface area contributed by atoms with E-state index in [2.05, 4.69) is 15.1 Å². The second-order valence-electron chi connectivity index (χ2n) is 5.17. The Morgan fingerprint density at radius 1 is 1.56 bits per heavy atom. The number of rotatable bonds is 4. The zero-order valence-corrected chi connectivity index (χ0v) is 11.1. The summed E-state index contributed by atoms with van der Waals surface area (Å²) in [5, 5.41) is 17.7. The van der Waals surface area contributed by atoms with Crippen molar-refractivity contribution < 1.29 is 9.52 Å². The molecule has 1 aromatic heterocycles. The molecule has 1 aromatic rings. The van der Waals surface area contributed by atoms with Crippen LogP contribution in [0.3, 0.4) is 0 Å². The molecular weight excluding hydrogens is 234 g/mol. The van der Waals surface area contributed by atoms with Gasteiger partial charge in [-0.15, -0.1) is 5.10 Å². The molecule has 7 nitrogen and oxygen atoms in total. The van der Waals surface area contributed by atoms with Gasteiger partial charge in [0.2, 0.25) is 5.89 Å². The van der Waals surface area contributed by atoms with Gasteiger partial charge in [0.05, 0.1) is 12.1 Å². The number of nitrogens with zero attached hydrogens (tertiary/aromatic N) is 4. The van der Waals surface area contributed by atoms with Crippen LogP contribution in [0.2, 0.25) is 0 Å². The Bertz CT molecular complexity index is 393. The zero-order valence-electron chi connectivity index (χ0n) is 11.1. The largest absolute Gasteiger partial charge is 0.406 e. The SMILES string of the molecule is CC(N)c1nnc(N2CC(O)CC2CN(C)C)o1. The van der Waals surface area contributed by atoms with Crippen LogP contribution in [0.25, 0.3) is 0 Å². The van der Waals surface area contributed by atoms with Crippen LogP contribution in [0.5, 0.6) is 0 Å². The Morgan fingerprint density at radius 3 is 2.83 bits per heavy atom. The number of aliphatic hydroxyl groups excluding tert-OH is 1. The molecule has 0 radical (unpaired) electrons. The lowest BCUT2D eigenvalue weighted by atomic mass is 10.2. The molecule has 7 heteroatoms. The average molecular weight is 255 g/mol. The molecule has 0 spiro atoms. The van der Waals surface area contributed by atoms with Crippen LogP contribution in [-0.2, 0) is 0 Å². The van der Waals surface area contributed by atoms with Gasteiger partial charge in [-0.05, 0) is 27.4 Å². The van der Waals surface area contributed by atoms with E-state index in [1.807, 2.05) is 19.0 Å². The molecule has 2 heterocycles. The summed E-state index contributed by atoms with van der Waals surface area (Å²) in [6, 6.07) is 0.369. The van der Waals surface area contributed by atoms with Gasteiger partial charge in [0.15, 0.2) is 0 Å². The van der Waals surface area contributed by atoms with Gasteiger partial charge in [-0.2, -0.15) is 0 Å². The molecule has 1 aliphatic rings. The summed E-state index contributed by atoms with van der Waals surface area (Å²) < 4.78 is 5.54. The van der Waals surface area contributed by atoms with Crippen molar-refractivity contribution in [3.8, 4) is 0 Å². The van der Waals surface area contributed by atoms with Crippen molar-refractivity contribution in [2.75, 3.05) is 32.1 Å². The molecule has 0 bridgehead atoms. The predicted molar refractivity (Wildman–Crippen MR) is 67.2 cm³/mol. The first kappa shape index (κ1) is 13.3. The highest BCUT2D eigenvalue weighted by molar-refractivity contribution is 5.30. The molecule has 3 unspecified atom stereocenters. The number of hydrogen-bond donors (Lipinski definition) is 2. The normalized spacial score (nSPS) is 26.0. The summed E-state index contributed by atoms with van der Waals surface area (Å²) in [4.78, 5) is 4.04. The summed E-state index contributed by atoms with van der Waals surface area (Å²) >= 11 is 0. The van der Waals surface area contributed by atoms with Crippen molar-refractivity contribution in [3.05, 3.63) is 5.89 Å². The molecule has 3 atom stereocenters. The molecule has 1 aliphatic heterocycles. The summed E-state index contributed by atoms with van der Waals surface area (Å²) in [5.41, 5.74) is 5.70. The minimum absolute atomic E-state index is 0.191. The molecule has 3 N–H and O–H groups in total. The van der Waals surface area contributed by atoms with Crippen molar-refractivity contribution in [1.82, 2.24) is 15.1 Å². The van der Waals surface area contributed by atoms with Crippen molar-refractivity contribution in [1.29, 1.82) is 0 Å². The van der Waals surface area contributed by atoms with Gasteiger partial charge < -0.3 is 25.1 Å². The third-order valence-electron chi connectivity index (χ3n) is 3.03. The van der Waals surface area contributed by atoms with Crippen LogP contribution in [0.4, 0.5) is 6.01 Å². The van der Waals surface area contributed by atoms with Crippen LogP contribution in [0.15, 0.2) is 4.42 Å². The van der Waals surface area contributed by atoms with E-state index in [-0.39, 0.29) is 18.2 Å². The molecule has 0 amide bonds. The maximum Gasteiger partial charge on any atom is 0.318 e. The van der Waals surface area contributed by atoms with Gasteiger partial charge in [-0.3, -0.25) is 0 Å². The van der Waals surface area contributed by atoms with E-state index >= 15 is 0 Å². The minimum atomic E-state index is -0.347. The number of likely N-dealkylation sites (N-methyl/N-ethyl adjacent to an activating group) is 1. The van der Waals surface area contributed by atoms with Crippen molar-refractivity contribution >= 4 is 6.01 Å². The zero-order chi connectivity index (χ0) is 13.3. The fourth-order valence-corrected chi connectivity index (χ4v) is 2.25. The molecule has 102 valence electrons. The Balaban J connectivity index is 2.13. The number of aliphatic hydroxyl groups is 1. The first-order valence-corrected chi connectivity index (χ1v) is 6.15. The fourth-order valence-electron chi connectivity index (χ4n) is 2.25. The number of hydrogen-bond acceptors (Lipinski definition) is 7. The number of β-amino-alcohol motifs (C(OH)–C–C–N with tert-alkyl or cyclic N) is 1. The van der Waals surface area contributed by atoms with Crippen molar-refractivity contribution in [3.63, 3.8) is 0 Å². The Labute approximate surface area is 107 Å². The molecule has 0 aliphatic carbocycles. The summed E-state index contributed by atoms with van der Waals surface area (Å²) in [5.74, 6) is 0.426. The quantitative estimate of drug-likeness (QED) is 0.755. The van der Waals surface area contributed by atoms with Gasteiger partial charge in [0.1, 0.15) is 0 Å². The highest BCUT2D eigenvalue weighted by Crippen LogP contribution is 2.26. The van der Waals surface area contributed by atoms with Crippen LogP contribution in [0.1, 0.15) is 25.3 Å². The maximum absolute atomic E-state index is 9.79. The van der Waals surface area contributed by atoms with Crippen molar-refractivity contribution in [2.45, 2.75) is 31.5 Å². The molecule has 0 saturated carbocycles. The first-order chi connectivity index (χ1) is 8.47. The van der Waals surface area contributed by atoms with Gasteiger partial charge in [0.25, 0.3) is 0 Å². The van der Waals surface area contributed by atoms with Crippen LogP contribution >= 0.6 is 0 Å². The highest BCUT2D eigenvalue weighted by atomic mass is 16.4. The topological polar surface area (TPSA) is 91.6 Å². The number of anilines is 1. The van der Waals surface area contributed by atoms with E-state index in [0.29, 0.717) is 24.9 Å². The molecule has 1 fully saturated rings. The molecular formula is C11H21N5O2. The third kappa shape index (κ3) is 2.80. The summed E-state index contributed by atoms with van der Waals surface area (Å²) in [7, 11) is 4.01. The van der Waals surface area contributed by atoms with Gasteiger partial charge >= 0.3 is 6.01 Å². The Morgan fingerprint density at radius 2 is 2.28 bits per heavy atom. The molecule has 1 saturated heterocycles. The predicted octanol–water partition coefficient (Wildman–Crippen LogP) is -0.409. The van der Waals surface area contributed by atoms with E-state index < -0.39 is 0 Å². The molecule has 2 rings (SSSR count). The molecule has 18 heavy (non-hydrogen) atoms. The second-order valence-corrected chi connectivity index (χ2v) is 5.17. The van der Waals surface area contributed by atoms with Crippen LogP contribution < -0.4 is 10.6 Å². The minimum Gasteiger partial charge on any atom is -0.406 e. The van der Waals surface area contributed by atoms with E-state index in [4.69, 9.17) is 10.2 Å².